The van der Waals surface area contributed by atoms with Gasteiger partial charge in [0, 0.05) is 12.6 Å². The van der Waals surface area contributed by atoms with Crippen LogP contribution in [-0.2, 0) is 10.0 Å². The molecule has 1 aromatic carbocycles. The van der Waals surface area contributed by atoms with E-state index < -0.39 is 37.5 Å². The number of aliphatic hydroxyl groups excluding tert-OH is 1. The molecule has 0 spiro atoms. The number of hydrogen-bond acceptors (Lipinski definition) is 5. The number of nitro benzene ring substituents is 1. The smallest absolute Gasteiger partial charge is 0.306 e. The topological polar surface area (TPSA) is 110 Å². The van der Waals surface area contributed by atoms with E-state index in [4.69, 9.17) is 0 Å². The van der Waals surface area contributed by atoms with Crippen molar-refractivity contribution >= 4 is 15.7 Å². The molecule has 0 saturated heterocycles. The minimum Gasteiger partial charge on any atom is -0.392 e. The standard InChI is InChI=1S/C12H17FN2O5S/c1-3-4-9(16)7-14-21(19,20)10-5-8(2)12(13)11(6-10)15(17)18/h5-6,9,14,16H,3-4,7H2,1-2H3. The lowest BCUT2D eigenvalue weighted by molar-refractivity contribution is -0.387. The zero-order chi connectivity index (χ0) is 16.2. The third kappa shape index (κ3) is 4.45. The summed E-state index contributed by atoms with van der Waals surface area (Å²) in [6.45, 7) is 2.87. The van der Waals surface area contributed by atoms with Crippen molar-refractivity contribution in [2.24, 2.45) is 0 Å². The van der Waals surface area contributed by atoms with E-state index in [1.54, 1.807) is 0 Å². The van der Waals surface area contributed by atoms with Gasteiger partial charge in [0.05, 0.1) is 15.9 Å². The van der Waals surface area contributed by atoms with Crippen molar-refractivity contribution in [2.45, 2.75) is 37.7 Å². The van der Waals surface area contributed by atoms with Crippen molar-refractivity contribution in [3.63, 3.8) is 0 Å². The summed E-state index contributed by atoms with van der Waals surface area (Å²) in [4.78, 5) is 9.33. The highest BCUT2D eigenvalue weighted by molar-refractivity contribution is 7.89. The van der Waals surface area contributed by atoms with E-state index in [1.165, 1.54) is 6.92 Å². The second-order valence-corrected chi connectivity index (χ2v) is 6.39. The lowest BCUT2D eigenvalue weighted by atomic mass is 10.2. The predicted molar refractivity (Wildman–Crippen MR) is 73.9 cm³/mol. The molecule has 0 saturated carbocycles. The Morgan fingerprint density at radius 2 is 2.10 bits per heavy atom. The van der Waals surface area contributed by atoms with Crippen LogP contribution in [0.1, 0.15) is 25.3 Å². The number of aliphatic hydroxyl groups is 1. The molecule has 0 aromatic heterocycles. The van der Waals surface area contributed by atoms with Crippen LogP contribution in [0.25, 0.3) is 0 Å². The fourth-order valence-corrected chi connectivity index (χ4v) is 2.91. The minimum atomic E-state index is -4.05. The Kier molecular flexibility index (Phi) is 5.76. The molecule has 0 aliphatic carbocycles. The number of nitrogens with zero attached hydrogens (tertiary/aromatic N) is 1. The van der Waals surface area contributed by atoms with Crippen LogP contribution in [0.15, 0.2) is 17.0 Å². The van der Waals surface area contributed by atoms with Crippen LogP contribution in [0.4, 0.5) is 10.1 Å². The highest BCUT2D eigenvalue weighted by Gasteiger charge is 2.24. The molecule has 1 rings (SSSR count). The van der Waals surface area contributed by atoms with E-state index in [2.05, 4.69) is 4.72 Å². The molecule has 0 heterocycles. The van der Waals surface area contributed by atoms with E-state index in [0.29, 0.717) is 18.9 Å². The van der Waals surface area contributed by atoms with E-state index in [0.717, 1.165) is 6.07 Å². The summed E-state index contributed by atoms with van der Waals surface area (Å²) < 4.78 is 39.7. The molecule has 0 bridgehead atoms. The fraction of sp³-hybridized carbons (Fsp3) is 0.500. The summed E-state index contributed by atoms with van der Waals surface area (Å²) in [5.74, 6) is -1.06. The lowest BCUT2D eigenvalue weighted by Crippen LogP contribution is -2.32. The number of nitrogens with one attached hydrogen (secondary N) is 1. The van der Waals surface area contributed by atoms with Crippen LogP contribution in [0, 0.1) is 22.9 Å². The maximum Gasteiger partial charge on any atom is 0.306 e. The molecule has 0 aliphatic rings. The van der Waals surface area contributed by atoms with E-state index >= 15 is 0 Å². The Morgan fingerprint density at radius 3 is 2.62 bits per heavy atom. The van der Waals surface area contributed by atoms with Gasteiger partial charge in [0.25, 0.3) is 0 Å². The van der Waals surface area contributed by atoms with Crippen LogP contribution in [0.2, 0.25) is 0 Å². The van der Waals surface area contributed by atoms with Crippen LogP contribution in [0.3, 0.4) is 0 Å². The molecule has 7 nitrogen and oxygen atoms in total. The largest absolute Gasteiger partial charge is 0.392 e. The second kappa shape index (κ2) is 6.92. The number of aryl methyl sites for hydroxylation is 1. The van der Waals surface area contributed by atoms with Crippen molar-refractivity contribution in [1.29, 1.82) is 0 Å². The van der Waals surface area contributed by atoms with E-state index in [9.17, 15) is 28.0 Å². The average molecular weight is 320 g/mol. The van der Waals surface area contributed by atoms with Gasteiger partial charge in [-0.05, 0) is 25.0 Å². The van der Waals surface area contributed by atoms with Gasteiger partial charge in [0.15, 0.2) is 0 Å². The first-order valence-electron chi connectivity index (χ1n) is 6.31. The third-order valence-electron chi connectivity index (χ3n) is 2.85. The highest BCUT2D eigenvalue weighted by atomic mass is 32.2. The first-order valence-corrected chi connectivity index (χ1v) is 7.79. The van der Waals surface area contributed by atoms with Crippen LogP contribution in [-0.4, -0.2) is 31.1 Å². The molecule has 0 fully saturated rings. The summed E-state index contributed by atoms with van der Waals surface area (Å²) in [6, 6.07) is 1.67. The maximum atomic E-state index is 13.5. The van der Waals surface area contributed by atoms with Gasteiger partial charge in [0.2, 0.25) is 15.8 Å². The molecule has 2 N–H and O–H groups in total. The zero-order valence-electron chi connectivity index (χ0n) is 11.7. The normalized spacial score (nSPS) is 13.1. The molecule has 9 heteroatoms. The Labute approximate surface area is 122 Å². The molecule has 0 aliphatic heterocycles. The number of rotatable bonds is 7. The predicted octanol–water partition coefficient (Wildman–Crippen LogP) is 1.48. The molecule has 1 atom stereocenters. The number of halogens is 1. The number of benzene rings is 1. The number of sulfonamides is 1. The summed E-state index contributed by atoms with van der Waals surface area (Å²) >= 11 is 0. The Morgan fingerprint density at radius 1 is 1.48 bits per heavy atom. The zero-order valence-corrected chi connectivity index (χ0v) is 12.5. The van der Waals surface area contributed by atoms with Gasteiger partial charge in [0.1, 0.15) is 0 Å². The molecule has 0 amide bonds. The summed E-state index contributed by atoms with van der Waals surface area (Å²) in [5.41, 5.74) is -1.04. The van der Waals surface area contributed by atoms with E-state index in [-0.39, 0.29) is 12.1 Å². The average Bonchev–Trinajstić information content (AvgIpc) is 2.39. The van der Waals surface area contributed by atoms with Gasteiger partial charge in [-0.3, -0.25) is 10.1 Å². The fourth-order valence-electron chi connectivity index (χ4n) is 1.73. The minimum absolute atomic E-state index is 0.140. The quantitative estimate of drug-likeness (QED) is 0.584. The first-order chi connectivity index (χ1) is 9.69. The SMILES string of the molecule is CCCC(O)CNS(=O)(=O)c1cc(C)c(F)c([N+](=O)[O-])c1. The monoisotopic (exact) mass is 320 g/mol. The van der Waals surface area contributed by atoms with Crippen molar-refractivity contribution < 1.29 is 22.8 Å². The molecule has 118 valence electrons. The van der Waals surface area contributed by atoms with Gasteiger partial charge in [-0.25, -0.2) is 13.1 Å². The molecule has 1 unspecified atom stereocenters. The molecular formula is C12H17FN2O5S. The van der Waals surface area contributed by atoms with Crippen LogP contribution >= 0.6 is 0 Å². The number of hydrogen-bond donors (Lipinski definition) is 2. The van der Waals surface area contributed by atoms with Crippen LogP contribution < -0.4 is 4.72 Å². The molecular weight excluding hydrogens is 303 g/mol. The van der Waals surface area contributed by atoms with Gasteiger partial charge >= 0.3 is 5.69 Å². The van der Waals surface area contributed by atoms with Gasteiger partial charge in [-0.1, -0.05) is 13.3 Å². The van der Waals surface area contributed by atoms with Gasteiger partial charge < -0.3 is 5.11 Å². The Bertz CT molecular complexity index is 633. The Hall–Kier alpha value is -1.58. The van der Waals surface area contributed by atoms with Crippen LogP contribution in [0.5, 0.6) is 0 Å². The summed E-state index contributed by atoms with van der Waals surface area (Å²) in [7, 11) is -4.05. The molecule has 0 radical (unpaired) electrons. The summed E-state index contributed by atoms with van der Waals surface area (Å²) in [6.07, 6.45) is 0.260. The first kappa shape index (κ1) is 17.5. The molecule has 1 aromatic rings. The highest BCUT2D eigenvalue weighted by Crippen LogP contribution is 2.24. The van der Waals surface area contributed by atoms with E-state index in [1.807, 2.05) is 6.92 Å². The van der Waals surface area contributed by atoms with Gasteiger partial charge in [-0.15, -0.1) is 0 Å². The van der Waals surface area contributed by atoms with Gasteiger partial charge in [-0.2, -0.15) is 4.39 Å². The van der Waals surface area contributed by atoms with Crippen molar-refractivity contribution in [3.8, 4) is 0 Å². The third-order valence-corrected chi connectivity index (χ3v) is 4.25. The van der Waals surface area contributed by atoms with Crippen molar-refractivity contribution in [2.75, 3.05) is 6.54 Å². The maximum absolute atomic E-state index is 13.5. The Balaban J connectivity index is 3.06. The van der Waals surface area contributed by atoms with Crippen molar-refractivity contribution in [1.82, 2.24) is 4.72 Å². The lowest BCUT2D eigenvalue weighted by Gasteiger charge is -2.12. The molecule has 21 heavy (non-hydrogen) atoms. The van der Waals surface area contributed by atoms with Crippen molar-refractivity contribution in [3.05, 3.63) is 33.6 Å². The summed E-state index contributed by atoms with van der Waals surface area (Å²) in [5, 5.41) is 20.2. The second-order valence-electron chi connectivity index (χ2n) is 4.62. The number of nitro groups is 1.